The fraction of sp³-hybridized carbons (Fsp3) is 0.556. The van der Waals surface area contributed by atoms with E-state index in [9.17, 15) is 68.1 Å². The number of hydrogen-bond acceptors (Lipinski definition) is 15. The number of aromatic amines is 1. The van der Waals surface area contributed by atoms with Gasteiger partial charge in [0.25, 0.3) is 0 Å². The Morgan fingerprint density at radius 2 is 1.18 bits per heavy atom. The number of carboxylic acids is 2. The molecular weight excluding hydrogens is 993 g/mol. The van der Waals surface area contributed by atoms with Gasteiger partial charge in [0.1, 0.15) is 48.3 Å². The molecule has 20 N–H and O–H groups in total. The lowest BCUT2D eigenvalue weighted by molar-refractivity contribution is -0.143. The zero-order chi connectivity index (χ0) is 56.0. The Morgan fingerprint density at radius 1 is 0.649 bits per heavy atom. The Labute approximate surface area is 431 Å². The van der Waals surface area contributed by atoms with Gasteiger partial charge in [-0.2, -0.15) is 12.6 Å². The third-order valence-corrected chi connectivity index (χ3v) is 11.4. The van der Waals surface area contributed by atoms with E-state index in [1.165, 1.54) is 13.8 Å². The molecule has 0 spiro atoms. The summed E-state index contributed by atoms with van der Waals surface area (Å²) in [5, 5.41) is 49.0. The van der Waals surface area contributed by atoms with Crippen LogP contribution in [0.4, 0.5) is 0 Å². The molecule has 1 aromatic heterocycles. The lowest BCUT2D eigenvalue weighted by Gasteiger charge is -2.27. The van der Waals surface area contributed by atoms with Crippen LogP contribution >= 0.6 is 12.6 Å². The molecule has 0 unspecified atom stereocenters. The van der Waals surface area contributed by atoms with Crippen molar-refractivity contribution >= 4 is 94.6 Å². The molecule has 10 atom stereocenters. The van der Waals surface area contributed by atoms with E-state index >= 15 is 0 Å². The van der Waals surface area contributed by atoms with Gasteiger partial charge in [-0.1, -0.05) is 32.0 Å². The maximum absolute atomic E-state index is 14.1. The molecule has 0 aliphatic rings. The Kier molecular flexibility index (Phi) is 25.8. The van der Waals surface area contributed by atoms with Gasteiger partial charge in [-0.05, 0) is 64.0 Å². The molecule has 410 valence electrons. The molecule has 1 heterocycles. The maximum atomic E-state index is 14.1. The summed E-state index contributed by atoms with van der Waals surface area (Å²) in [7, 11) is 0. The number of rotatable bonds is 32. The molecule has 2 rings (SSSR count). The van der Waals surface area contributed by atoms with Crippen molar-refractivity contribution in [2.45, 2.75) is 140 Å². The molecule has 0 aliphatic carbocycles. The highest BCUT2D eigenvalue weighted by Crippen LogP contribution is 2.20. The average molecular weight is 1060 g/mol. The molecule has 74 heavy (non-hydrogen) atoms. The second-order valence-electron chi connectivity index (χ2n) is 17.9. The number of guanidine groups is 1. The highest BCUT2D eigenvalue weighted by atomic mass is 32.1. The predicted molar refractivity (Wildman–Crippen MR) is 270 cm³/mol. The summed E-state index contributed by atoms with van der Waals surface area (Å²) in [6, 6.07) is -6.44. The van der Waals surface area contributed by atoms with E-state index in [1.807, 2.05) is 13.8 Å². The van der Waals surface area contributed by atoms with Crippen molar-refractivity contribution < 1.29 is 68.1 Å². The number of nitrogens with zero attached hydrogens (tertiary/aromatic N) is 1. The average Bonchev–Trinajstić information content (AvgIpc) is 3.72. The number of nitrogens with two attached hydrogens (primary N) is 4. The molecule has 29 heteroatoms. The SMILES string of the molecule is CC(C)C[C@H](N)C(=O)N[C@@H](CCC(=O)O)C(=O)N[C@@H](C)C(=O)N[C@@H](C)C(=O)N[C@@H](CS)C(=O)N[C@@H](CC(N)=O)C(=O)N[C@@H](Cc1c[nH]c2ccccc12)C(=O)N[C@H](C(=O)N[C@@H](CCCN=C(N)N)C(=O)O)[C@@H](C)O. The van der Waals surface area contributed by atoms with Crippen LogP contribution in [0.2, 0.25) is 0 Å². The number of fused-ring (bicyclic) bond motifs is 1. The first-order valence-electron chi connectivity index (χ1n) is 23.5. The number of aliphatic hydroxyl groups excluding tert-OH is 1. The number of carbonyl (C=O) groups is 11. The first-order chi connectivity index (χ1) is 34.6. The maximum Gasteiger partial charge on any atom is 0.326 e. The van der Waals surface area contributed by atoms with Crippen LogP contribution in [-0.2, 0) is 59.2 Å². The minimum absolute atomic E-state index is 0.0314. The van der Waals surface area contributed by atoms with Crippen molar-refractivity contribution in [3.8, 4) is 0 Å². The van der Waals surface area contributed by atoms with Crippen LogP contribution in [0.5, 0.6) is 0 Å². The standard InChI is InChI=1S/C45H70N14O14S/c1-20(2)15-26(46)38(66)54-28(12-13-34(62)63)39(67)53-21(3)36(64)52-22(4)37(65)58-32(19-74)42(70)57-31(17-33(47)61)40(68)56-30(16-24-18-51-27-10-7-6-9-25(24)27)41(69)59-35(23(5)60)43(71)55-29(44(72)73)11-8-14-50-45(48)49/h6-7,9-10,18,20-23,26,28-32,35,51,60,74H,8,11-17,19,46H2,1-5H3,(H2,47,61)(H,52,64)(H,53,67)(H,54,66)(H,55,71)(H,56,68)(H,57,70)(H,58,65)(H,59,69)(H,62,63)(H,72,73)(H4,48,49,50)/t21-,22-,23+,26-,28-,29-,30-,31-,32-,35-/m0/s1. The molecule has 2 aromatic rings. The predicted octanol–water partition coefficient (Wildman–Crippen LogP) is -4.81. The Balaban J connectivity index is 2.27. The van der Waals surface area contributed by atoms with Crippen molar-refractivity contribution in [2.75, 3.05) is 12.3 Å². The van der Waals surface area contributed by atoms with Crippen molar-refractivity contribution in [1.82, 2.24) is 47.5 Å². The molecule has 0 saturated heterocycles. The highest BCUT2D eigenvalue weighted by molar-refractivity contribution is 7.80. The van der Waals surface area contributed by atoms with Crippen LogP contribution in [0.1, 0.15) is 78.7 Å². The van der Waals surface area contributed by atoms with Gasteiger partial charge in [-0.25, -0.2) is 4.79 Å². The van der Waals surface area contributed by atoms with E-state index < -0.39 is 144 Å². The molecule has 0 saturated carbocycles. The number of primary amides is 1. The number of para-hydroxylation sites is 1. The van der Waals surface area contributed by atoms with E-state index in [4.69, 9.17) is 22.9 Å². The fourth-order valence-corrected chi connectivity index (χ4v) is 7.33. The molecule has 1 aromatic carbocycles. The number of aliphatic carboxylic acids is 2. The van der Waals surface area contributed by atoms with Crippen molar-refractivity contribution in [1.29, 1.82) is 0 Å². The quantitative estimate of drug-likeness (QED) is 0.0141. The van der Waals surface area contributed by atoms with E-state index in [-0.39, 0.29) is 50.5 Å². The largest absolute Gasteiger partial charge is 0.481 e. The third kappa shape index (κ3) is 21.3. The lowest BCUT2D eigenvalue weighted by atomic mass is 10.0. The molecule has 9 amide bonds. The van der Waals surface area contributed by atoms with Gasteiger partial charge in [0.2, 0.25) is 53.2 Å². The molecule has 0 radical (unpaired) electrons. The van der Waals surface area contributed by atoms with Crippen molar-refractivity contribution in [3.05, 3.63) is 36.0 Å². The van der Waals surface area contributed by atoms with Gasteiger partial charge in [0.05, 0.1) is 18.6 Å². The van der Waals surface area contributed by atoms with E-state index in [0.29, 0.717) is 16.5 Å². The Morgan fingerprint density at radius 3 is 1.74 bits per heavy atom. The van der Waals surface area contributed by atoms with Crippen LogP contribution in [0.25, 0.3) is 10.9 Å². The van der Waals surface area contributed by atoms with Gasteiger partial charge >= 0.3 is 11.9 Å². The lowest BCUT2D eigenvalue weighted by Crippen LogP contribution is -2.61. The zero-order valence-corrected chi connectivity index (χ0v) is 42.5. The normalized spacial score (nSPS) is 15.1. The number of H-pyrrole nitrogens is 1. The summed E-state index contributed by atoms with van der Waals surface area (Å²) in [5.74, 6) is -12.3. The van der Waals surface area contributed by atoms with E-state index in [2.05, 4.69) is 65.1 Å². The molecule has 0 fully saturated rings. The summed E-state index contributed by atoms with van der Waals surface area (Å²) in [5.41, 5.74) is 23.1. The van der Waals surface area contributed by atoms with Crippen molar-refractivity contribution in [3.63, 3.8) is 0 Å². The number of carboxylic acid groups (broad SMARTS) is 2. The minimum Gasteiger partial charge on any atom is -0.481 e. The Hall–Kier alpha value is -7.53. The summed E-state index contributed by atoms with van der Waals surface area (Å²) in [6.07, 6.45) is -1.78. The number of carbonyl (C=O) groups excluding carboxylic acids is 9. The number of aliphatic imine (C=N–C) groups is 1. The third-order valence-electron chi connectivity index (χ3n) is 11.1. The van der Waals surface area contributed by atoms with E-state index in [1.54, 1.807) is 30.5 Å². The number of hydrogen-bond donors (Lipinski definition) is 17. The zero-order valence-electron chi connectivity index (χ0n) is 41.6. The Bertz CT molecular complexity index is 2360. The number of aromatic nitrogens is 1. The van der Waals surface area contributed by atoms with Crippen LogP contribution in [-0.4, -0.2) is 164 Å². The topological polar surface area (TPSA) is 477 Å². The summed E-state index contributed by atoms with van der Waals surface area (Å²) in [6.45, 7) is 7.33. The highest BCUT2D eigenvalue weighted by Gasteiger charge is 2.36. The number of amides is 9. The van der Waals surface area contributed by atoms with Crippen LogP contribution in [0.3, 0.4) is 0 Å². The number of aliphatic hydroxyl groups is 1. The monoisotopic (exact) mass is 1060 g/mol. The minimum atomic E-state index is -1.81. The summed E-state index contributed by atoms with van der Waals surface area (Å²) < 4.78 is 0. The van der Waals surface area contributed by atoms with Crippen LogP contribution in [0, 0.1) is 5.92 Å². The summed E-state index contributed by atoms with van der Waals surface area (Å²) in [4.78, 5) is 150. The number of benzene rings is 1. The molecule has 0 bridgehead atoms. The smallest absolute Gasteiger partial charge is 0.326 e. The van der Waals surface area contributed by atoms with Crippen LogP contribution in [0.15, 0.2) is 35.5 Å². The fourth-order valence-electron chi connectivity index (χ4n) is 7.07. The van der Waals surface area contributed by atoms with Gasteiger partial charge in [-0.15, -0.1) is 0 Å². The van der Waals surface area contributed by atoms with Crippen LogP contribution < -0.4 is 65.5 Å². The second-order valence-corrected chi connectivity index (χ2v) is 18.2. The van der Waals surface area contributed by atoms with E-state index in [0.717, 1.165) is 6.92 Å². The first kappa shape index (κ1) is 62.6. The van der Waals surface area contributed by atoms with Gasteiger partial charge in [-0.3, -0.25) is 52.9 Å². The van der Waals surface area contributed by atoms with Crippen molar-refractivity contribution in [2.24, 2.45) is 33.8 Å². The second kappa shape index (κ2) is 30.5. The molecule has 28 nitrogen and oxygen atoms in total. The number of thiol groups is 1. The van der Waals surface area contributed by atoms with Gasteiger partial charge < -0.3 is 85.8 Å². The number of nitrogens with one attached hydrogen (secondary N) is 9. The van der Waals surface area contributed by atoms with Gasteiger partial charge in [0, 0.05) is 42.2 Å². The first-order valence-corrected chi connectivity index (χ1v) is 24.1. The van der Waals surface area contributed by atoms with Gasteiger partial charge in [0.15, 0.2) is 5.96 Å². The molecular formula is C45H70N14O14S. The molecule has 0 aliphatic heterocycles. The summed E-state index contributed by atoms with van der Waals surface area (Å²) >= 11 is 4.14.